The van der Waals surface area contributed by atoms with E-state index in [1.54, 1.807) is 0 Å². The summed E-state index contributed by atoms with van der Waals surface area (Å²) in [5.41, 5.74) is 0. The maximum absolute atomic E-state index is 8.26. The average Bonchev–Trinajstić information content (AvgIpc) is 2.09. The molecule has 0 fully saturated rings. The Labute approximate surface area is 88.0 Å². The Morgan fingerprint density at radius 3 is 2.29 bits per heavy atom. The zero-order chi connectivity index (χ0) is 11.0. The van der Waals surface area contributed by atoms with Crippen molar-refractivity contribution in [1.29, 1.82) is 5.26 Å². The van der Waals surface area contributed by atoms with E-state index in [1.807, 2.05) is 6.07 Å². The zero-order valence-corrected chi connectivity index (χ0v) is 10.3. The third-order valence-electron chi connectivity index (χ3n) is 1.61. The van der Waals surface area contributed by atoms with Gasteiger partial charge in [0.2, 0.25) is 0 Å². The van der Waals surface area contributed by atoms with Gasteiger partial charge in [0, 0.05) is 12.1 Å². The van der Waals surface area contributed by atoms with Gasteiger partial charge in [0.1, 0.15) is 8.96 Å². The third kappa shape index (κ3) is 6.28. The normalized spacial score (nSPS) is 12.1. The summed E-state index contributed by atoms with van der Waals surface area (Å²) in [6, 6.07) is 2.86. The van der Waals surface area contributed by atoms with Gasteiger partial charge in [-0.25, -0.2) is 9.56 Å². The van der Waals surface area contributed by atoms with Crippen LogP contribution in [0.15, 0.2) is 0 Å². The Morgan fingerprint density at radius 2 is 1.86 bits per heavy atom. The van der Waals surface area contributed by atoms with Crippen molar-refractivity contribution < 1.29 is 9.56 Å². The average molecular weight is 218 g/mol. The Kier molecular flexibility index (Phi) is 8.02. The molecule has 0 bridgehead atoms. The molecule has 4 nitrogen and oxygen atoms in total. The lowest BCUT2D eigenvalue weighted by Crippen LogP contribution is -2.29. The van der Waals surface area contributed by atoms with E-state index in [0.717, 1.165) is 0 Å². The first-order valence-electron chi connectivity index (χ1n) is 4.79. The highest BCUT2D eigenvalue weighted by Gasteiger charge is 2.13. The van der Waals surface area contributed by atoms with E-state index >= 15 is 0 Å². The number of nitrogens with zero attached hydrogens (tertiary/aromatic N) is 2. The van der Waals surface area contributed by atoms with Crippen LogP contribution < -0.4 is 0 Å². The lowest BCUT2D eigenvalue weighted by atomic mass is 10.3. The Balaban J connectivity index is 3.58. The van der Waals surface area contributed by atoms with Crippen LogP contribution in [0.25, 0.3) is 0 Å². The molecule has 82 valence electrons. The van der Waals surface area contributed by atoms with E-state index in [1.165, 1.54) is 0 Å². The van der Waals surface area contributed by atoms with Crippen LogP contribution in [0.5, 0.6) is 0 Å². The number of hydrogen-bond acceptors (Lipinski definition) is 4. The second-order valence-corrected chi connectivity index (χ2v) is 4.37. The van der Waals surface area contributed by atoms with Gasteiger partial charge in [-0.05, 0) is 27.7 Å². The highest BCUT2D eigenvalue weighted by Crippen LogP contribution is 2.25. The van der Waals surface area contributed by atoms with Gasteiger partial charge in [0.05, 0.1) is 19.1 Å². The Hall–Kier alpha value is -0.200. The fourth-order valence-electron chi connectivity index (χ4n) is 1.01. The van der Waals surface area contributed by atoms with Crippen molar-refractivity contribution in [1.82, 2.24) is 4.67 Å². The lowest BCUT2D eigenvalue weighted by molar-refractivity contribution is -0.198. The van der Waals surface area contributed by atoms with Crippen LogP contribution in [-0.2, 0) is 9.56 Å². The smallest absolute Gasteiger partial charge is 0.132 e. The van der Waals surface area contributed by atoms with Crippen LogP contribution in [0.1, 0.15) is 34.1 Å². The zero-order valence-electron chi connectivity index (χ0n) is 9.28. The monoisotopic (exact) mass is 218 g/mol. The van der Waals surface area contributed by atoms with E-state index in [2.05, 4.69) is 32.4 Å². The topological polar surface area (TPSA) is 45.5 Å². The molecule has 0 saturated carbocycles. The van der Waals surface area contributed by atoms with Crippen LogP contribution in [0, 0.1) is 11.3 Å². The summed E-state index contributed by atoms with van der Waals surface area (Å²) in [5.74, 6) is 0. The quantitative estimate of drug-likeness (QED) is 0.285. The molecular formula is C9H19N2O2P. The van der Waals surface area contributed by atoms with Gasteiger partial charge in [-0.15, -0.1) is 0 Å². The van der Waals surface area contributed by atoms with Crippen molar-refractivity contribution in [2.45, 2.75) is 46.2 Å². The summed E-state index contributed by atoms with van der Waals surface area (Å²) in [5, 5.41) is 8.26. The molecule has 0 saturated heterocycles. The molecule has 0 N–H and O–H groups in total. The highest BCUT2D eigenvalue weighted by atomic mass is 31.1. The molecule has 1 atom stereocenters. The van der Waals surface area contributed by atoms with Gasteiger partial charge in [-0.1, -0.05) is 0 Å². The highest BCUT2D eigenvalue weighted by molar-refractivity contribution is 7.29. The molecule has 0 aromatic rings. The number of hydrogen-bond donors (Lipinski definition) is 0. The largest absolute Gasteiger partial charge is 0.255 e. The molecule has 0 aliphatic heterocycles. The molecule has 0 aromatic heterocycles. The van der Waals surface area contributed by atoms with Gasteiger partial charge in [-0.2, -0.15) is 5.26 Å². The van der Waals surface area contributed by atoms with E-state index < -0.39 is 0 Å². The van der Waals surface area contributed by atoms with Gasteiger partial charge >= 0.3 is 0 Å². The second-order valence-electron chi connectivity index (χ2n) is 3.50. The Bertz CT molecular complexity index is 172. The van der Waals surface area contributed by atoms with Crippen molar-refractivity contribution in [3.8, 4) is 6.07 Å². The molecule has 0 heterocycles. The molecule has 0 aliphatic rings. The van der Waals surface area contributed by atoms with E-state index in [-0.39, 0.29) is 8.96 Å². The SMILES string of the molecule is CC(C)N(POOCCC#N)C(C)C. The molecule has 0 amide bonds. The maximum atomic E-state index is 8.26. The number of rotatable bonds is 7. The van der Waals surface area contributed by atoms with Crippen molar-refractivity contribution >= 4 is 8.96 Å². The van der Waals surface area contributed by atoms with Crippen LogP contribution >= 0.6 is 8.96 Å². The fraction of sp³-hybridized carbons (Fsp3) is 0.889. The maximum Gasteiger partial charge on any atom is 0.132 e. The van der Waals surface area contributed by atoms with Crippen molar-refractivity contribution in [2.24, 2.45) is 0 Å². The lowest BCUT2D eigenvalue weighted by Gasteiger charge is -2.28. The van der Waals surface area contributed by atoms with E-state index in [4.69, 9.17) is 14.8 Å². The van der Waals surface area contributed by atoms with Crippen LogP contribution in [-0.4, -0.2) is 23.4 Å². The molecule has 1 unspecified atom stereocenters. The standard InChI is InChI=1S/C9H19N2O2P/c1-8(2)11(9(3)4)14-13-12-7-5-6-10/h8-9,14H,5,7H2,1-4H3. The molecule has 5 heteroatoms. The number of nitriles is 1. The molecule has 0 aromatic carbocycles. The molecule has 0 spiro atoms. The molecule has 0 radical (unpaired) electrons. The summed E-state index contributed by atoms with van der Waals surface area (Å²) >= 11 is 0. The van der Waals surface area contributed by atoms with Crippen molar-refractivity contribution in [3.05, 3.63) is 0 Å². The predicted octanol–water partition coefficient (Wildman–Crippen LogP) is 2.48. The van der Waals surface area contributed by atoms with Gasteiger partial charge in [0.25, 0.3) is 0 Å². The fourth-order valence-corrected chi connectivity index (χ4v) is 1.65. The second kappa shape index (κ2) is 8.14. The third-order valence-corrected chi connectivity index (χ3v) is 3.05. The van der Waals surface area contributed by atoms with Gasteiger partial charge in [-0.3, -0.25) is 4.67 Å². The van der Waals surface area contributed by atoms with E-state index in [9.17, 15) is 0 Å². The van der Waals surface area contributed by atoms with Crippen molar-refractivity contribution in [2.75, 3.05) is 6.61 Å². The Morgan fingerprint density at radius 1 is 1.29 bits per heavy atom. The first-order chi connectivity index (χ1) is 6.59. The van der Waals surface area contributed by atoms with Crippen LogP contribution in [0.2, 0.25) is 0 Å². The molecule has 14 heavy (non-hydrogen) atoms. The minimum atomic E-state index is 0.197. The molecular weight excluding hydrogens is 199 g/mol. The van der Waals surface area contributed by atoms with E-state index in [0.29, 0.717) is 25.1 Å². The molecule has 0 rings (SSSR count). The summed E-state index contributed by atoms with van der Waals surface area (Å²) in [6.07, 6.45) is 0.369. The van der Waals surface area contributed by atoms with Crippen LogP contribution in [0.4, 0.5) is 0 Å². The summed E-state index contributed by atoms with van der Waals surface area (Å²) < 4.78 is 7.21. The van der Waals surface area contributed by atoms with Gasteiger partial charge in [0.15, 0.2) is 0 Å². The summed E-state index contributed by atoms with van der Waals surface area (Å²) in [7, 11) is 0.197. The summed E-state index contributed by atoms with van der Waals surface area (Å²) in [4.78, 5) is 4.85. The molecule has 0 aliphatic carbocycles. The first kappa shape index (κ1) is 13.8. The predicted molar refractivity (Wildman–Crippen MR) is 57.7 cm³/mol. The first-order valence-corrected chi connectivity index (χ1v) is 5.64. The minimum Gasteiger partial charge on any atom is -0.255 e. The van der Waals surface area contributed by atoms with Gasteiger partial charge < -0.3 is 0 Å². The minimum absolute atomic E-state index is 0.197. The summed E-state index contributed by atoms with van der Waals surface area (Å²) in [6.45, 7) is 8.81. The van der Waals surface area contributed by atoms with Crippen molar-refractivity contribution in [3.63, 3.8) is 0 Å². The van der Waals surface area contributed by atoms with Crippen LogP contribution in [0.3, 0.4) is 0 Å².